The van der Waals surface area contributed by atoms with Gasteiger partial charge in [0.2, 0.25) is 0 Å². The molecule has 18 heavy (non-hydrogen) atoms. The summed E-state index contributed by atoms with van der Waals surface area (Å²) in [5, 5.41) is 0.560. The molecule has 1 aromatic heterocycles. The third kappa shape index (κ3) is 3.09. The zero-order chi connectivity index (χ0) is 13.0. The molecular weight excluding hydrogens is 318 g/mol. The van der Waals surface area contributed by atoms with Crippen LogP contribution in [-0.4, -0.2) is 11.3 Å². The quantitative estimate of drug-likeness (QED) is 0.800. The number of hydrogen-bond acceptors (Lipinski definition) is 3. The van der Waals surface area contributed by atoms with Crippen molar-refractivity contribution >= 4 is 33.8 Å². The van der Waals surface area contributed by atoms with Gasteiger partial charge in [0.25, 0.3) is 0 Å². The van der Waals surface area contributed by atoms with Crippen LogP contribution in [0.4, 0.5) is 0 Å². The van der Waals surface area contributed by atoms with E-state index in [4.69, 9.17) is 16.3 Å². The van der Waals surface area contributed by atoms with Gasteiger partial charge in [-0.2, -0.15) is 0 Å². The molecule has 0 spiro atoms. The van der Waals surface area contributed by atoms with Crippen molar-refractivity contribution in [3.63, 3.8) is 0 Å². The van der Waals surface area contributed by atoms with Crippen molar-refractivity contribution in [3.05, 3.63) is 57.3 Å². The zero-order valence-corrected chi connectivity index (χ0v) is 11.6. The summed E-state index contributed by atoms with van der Waals surface area (Å²) in [6.45, 7) is 0.335. The summed E-state index contributed by atoms with van der Waals surface area (Å²) in [5.41, 5.74) is 1.40. The van der Waals surface area contributed by atoms with Crippen LogP contribution in [0.5, 0.6) is 5.75 Å². The fourth-order valence-electron chi connectivity index (χ4n) is 1.38. The van der Waals surface area contributed by atoms with Gasteiger partial charge in [-0.3, -0.25) is 9.78 Å². The summed E-state index contributed by atoms with van der Waals surface area (Å²) in [6.07, 6.45) is 4.00. The smallest absolute Gasteiger partial charge is 0.151 e. The van der Waals surface area contributed by atoms with E-state index in [-0.39, 0.29) is 0 Å². The van der Waals surface area contributed by atoms with Crippen molar-refractivity contribution in [2.45, 2.75) is 6.61 Å². The van der Waals surface area contributed by atoms with Crippen LogP contribution in [0.15, 0.2) is 41.1 Å². The van der Waals surface area contributed by atoms with Gasteiger partial charge in [0.05, 0.1) is 5.02 Å². The molecule has 1 aromatic carbocycles. The lowest BCUT2D eigenvalue weighted by Gasteiger charge is -2.08. The molecule has 0 unspecified atom stereocenters. The standard InChI is InChI=1S/C13H9BrClNO2/c14-12-2-1-11(5-10(12)7-17)18-8-9-3-4-16-6-13(9)15/h1-7H,8H2. The average molecular weight is 327 g/mol. The fourth-order valence-corrected chi connectivity index (χ4v) is 1.90. The molecule has 0 amide bonds. The van der Waals surface area contributed by atoms with Crippen molar-refractivity contribution in [3.8, 4) is 5.75 Å². The highest BCUT2D eigenvalue weighted by atomic mass is 79.9. The molecule has 0 aliphatic carbocycles. The Kier molecular flexibility index (Phi) is 4.33. The largest absolute Gasteiger partial charge is 0.489 e. The Labute approximate surface area is 118 Å². The van der Waals surface area contributed by atoms with E-state index >= 15 is 0 Å². The normalized spacial score (nSPS) is 10.1. The molecular formula is C13H9BrClNO2. The minimum Gasteiger partial charge on any atom is -0.489 e. The minimum absolute atomic E-state index is 0.335. The maximum atomic E-state index is 10.8. The van der Waals surface area contributed by atoms with E-state index < -0.39 is 0 Å². The molecule has 5 heteroatoms. The van der Waals surface area contributed by atoms with Crippen LogP contribution in [0.1, 0.15) is 15.9 Å². The van der Waals surface area contributed by atoms with Crippen LogP contribution in [0, 0.1) is 0 Å². The molecule has 0 aliphatic heterocycles. The second-order valence-electron chi connectivity index (χ2n) is 3.56. The third-order valence-electron chi connectivity index (χ3n) is 2.35. The molecule has 0 saturated heterocycles. The fraction of sp³-hybridized carbons (Fsp3) is 0.0769. The van der Waals surface area contributed by atoms with Gasteiger partial charge in [-0.05, 0) is 24.3 Å². The van der Waals surface area contributed by atoms with Crippen LogP contribution >= 0.6 is 27.5 Å². The highest BCUT2D eigenvalue weighted by molar-refractivity contribution is 9.10. The Bertz CT molecular complexity index is 575. The number of pyridine rings is 1. The number of halogens is 2. The number of hydrogen-bond donors (Lipinski definition) is 0. The first-order valence-corrected chi connectivity index (χ1v) is 6.33. The van der Waals surface area contributed by atoms with E-state index in [1.807, 2.05) is 0 Å². The highest BCUT2D eigenvalue weighted by Gasteiger charge is 2.04. The molecule has 0 atom stereocenters. The average Bonchev–Trinajstić information content (AvgIpc) is 2.39. The number of benzene rings is 1. The Morgan fingerprint density at radius 1 is 1.39 bits per heavy atom. The summed E-state index contributed by atoms with van der Waals surface area (Å²) < 4.78 is 6.32. The van der Waals surface area contributed by atoms with Crippen molar-refractivity contribution in [2.24, 2.45) is 0 Å². The van der Waals surface area contributed by atoms with E-state index in [0.29, 0.717) is 22.9 Å². The second kappa shape index (κ2) is 5.98. The maximum absolute atomic E-state index is 10.8. The van der Waals surface area contributed by atoms with Gasteiger partial charge < -0.3 is 4.74 Å². The van der Waals surface area contributed by atoms with Gasteiger partial charge in [0, 0.05) is 28.0 Å². The molecule has 0 radical (unpaired) electrons. The van der Waals surface area contributed by atoms with E-state index in [1.54, 1.807) is 36.7 Å². The van der Waals surface area contributed by atoms with Crippen molar-refractivity contribution in [2.75, 3.05) is 0 Å². The van der Waals surface area contributed by atoms with Gasteiger partial charge in [-0.15, -0.1) is 0 Å². The third-order valence-corrected chi connectivity index (χ3v) is 3.41. The summed E-state index contributed by atoms with van der Waals surface area (Å²) in [4.78, 5) is 14.7. The monoisotopic (exact) mass is 325 g/mol. The van der Waals surface area contributed by atoms with Crippen LogP contribution < -0.4 is 4.74 Å². The van der Waals surface area contributed by atoms with Gasteiger partial charge >= 0.3 is 0 Å². The van der Waals surface area contributed by atoms with E-state index in [9.17, 15) is 4.79 Å². The molecule has 0 saturated carbocycles. The lowest BCUT2D eigenvalue weighted by atomic mass is 10.2. The Morgan fingerprint density at radius 2 is 2.22 bits per heavy atom. The number of rotatable bonds is 4. The number of carbonyl (C=O) groups excluding carboxylic acids is 1. The number of aromatic nitrogens is 1. The van der Waals surface area contributed by atoms with Gasteiger partial charge in [0.15, 0.2) is 6.29 Å². The molecule has 0 fully saturated rings. The predicted molar refractivity (Wildman–Crippen MR) is 73.1 cm³/mol. The molecule has 0 bridgehead atoms. The first-order valence-electron chi connectivity index (χ1n) is 5.16. The van der Waals surface area contributed by atoms with Crippen molar-refractivity contribution in [1.29, 1.82) is 0 Å². The molecule has 3 nitrogen and oxygen atoms in total. The molecule has 2 rings (SSSR count). The number of aldehydes is 1. The number of carbonyl (C=O) groups is 1. The highest BCUT2D eigenvalue weighted by Crippen LogP contribution is 2.23. The van der Waals surface area contributed by atoms with Gasteiger partial charge in [-0.1, -0.05) is 27.5 Å². The summed E-state index contributed by atoms with van der Waals surface area (Å²) in [5.74, 6) is 0.619. The van der Waals surface area contributed by atoms with Crippen molar-refractivity contribution in [1.82, 2.24) is 4.98 Å². The Balaban J connectivity index is 2.11. The Morgan fingerprint density at radius 3 is 2.94 bits per heavy atom. The number of ether oxygens (including phenoxy) is 1. The maximum Gasteiger partial charge on any atom is 0.151 e. The topological polar surface area (TPSA) is 39.2 Å². The molecule has 2 aromatic rings. The van der Waals surface area contributed by atoms with E-state index in [0.717, 1.165) is 16.3 Å². The van der Waals surface area contributed by atoms with E-state index in [1.165, 1.54) is 0 Å². The summed E-state index contributed by atoms with van der Waals surface area (Å²) >= 11 is 9.25. The Hall–Kier alpha value is -1.39. The van der Waals surface area contributed by atoms with Crippen LogP contribution in [-0.2, 0) is 6.61 Å². The van der Waals surface area contributed by atoms with Crippen LogP contribution in [0.2, 0.25) is 5.02 Å². The molecule has 1 heterocycles. The van der Waals surface area contributed by atoms with E-state index in [2.05, 4.69) is 20.9 Å². The second-order valence-corrected chi connectivity index (χ2v) is 4.82. The van der Waals surface area contributed by atoms with Gasteiger partial charge in [-0.25, -0.2) is 0 Å². The zero-order valence-electron chi connectivity index (χ0n) is 9.27. The first-order chi connectivity index (χ1) is 8.70. The number of nitrogens with zero attached hydrogens (tertiary/aromatic N) is 1. The lowest BCUT2D eigenvalue weighted by Crippen LogP contribution is -1.97. The van der Waals surface area contributed by atoms with Gasteiger partial charge in [0.1, 0.15) is 12.4 Å². The first kappa shape index (κ1) is 13.1. The van der Waals surface area contributed by atoms with Crippen LogP contribution in [0.25, 0.3) is 0 Å². The lowest BCUT2D eigenvalue weighted by molar-refractivity contribution is 0.112. The molecule has 92 valence electrons. The summed E-state index contributed by atoms with van der Waals surface area (Å²) in [7, 11) is 0. The predicted octanol–water partition coefficient (Wildman–Crippen LogP) is 3.89. The summed E-state index contributed by atoms with van der Waals surface area (Å²) in [6, 6.07) is 7.02. The van der Waals surface area contributed by atoms with Crippen molar-refractivity contribution < 1.29 is 9.53 Å². The molecule has 0 aliphatic rings. The minimum atomic E-state index is 0.335. The SMILES string of the molecule is O=Cc1cc(OCc2ccncc2Cl)ccc1Br. The molecule has 0 N–H and O–H groups in total. The van der Waals surface area contributed by atoms with Crippen LogP contribution in [0.3, 0.4) is 0 Å².